The number of aromatic hydroxyl groups is 1. The van der Waals surface area contributed by atoms with Crippen LogP contribution in [0.15, 0.2) is 47.2 Å². The minimum absolute atomic E-state index is 0.0363. The summed E-state index contributed by atoms with van der Waals surface area (Å²) < 4.78 is 48.2. The molecule has 3 atom stereocenters. The van der Waals surface area contributed by atoms with E-state index in [0.29, 0.717) is 48.1 Å². The second-order valence-electron chi connectivity index (χ2n) is 13.0. The van der Waals surface area contributed by atoms with Crippen molar-refractivity contribution >= 4 is 40.2 Å². The maximum atomic E-state index is 14.5. The van der Waals surface area contributed by atoms with Crippen molar-refractivity contribution in [1.82, 2.24) is 34.0 Å². The molecule has 4 aliphatic rings. The summed E-state index contributed by atoms with van der Waals surface area (Å²) in [7, 11) is 0. The number of benzene rings is 1. The van der Waals surface area contributed by atoms with Crippen LogP contribution < -0.4 is 15.9 Å². The molecule has 270 valence electrons. The van der Waals surface area contributed by atoms with Gasteiger partial charge in [0.05, 0.1) is 46.1 Å². The summed E-state index contributed by atoms with van der Waals surface area (Å²) in [6, 6.07) is 2.23. The number of nitrogens with zero attached hydrogens (tertiary/aromatic N) is 9. The molecular formula is C33H31ClF3N10O5+. The van der Waals surface area contributed by atoms with Gasteiger partial charge in [-0.25, -0.2) is 14.5 Å². The van der Waals surface area contributed by atoms with Crippen molar-refractivity contribution in [2.75, 3.05) is 36.6 Å². The average Bonchev–Trinajstić information content (AvgIpc) is 3.69. The minimum Gasteiger partial charge on any atom is -0.504 e. The summed E-state index contributed by atoms with van der Waals surface area (Å²) >= 11 is 6.19. The van der Waals surface area contributed by atoms with E-state index >= 15 is 0 Å². The molecule has 1 saturated heterocycles. The first kappa shape index (κ1) is 33.8. The van der Waals surface area contributed by atoms with Crippen LogP contribution in [0.4, 0.5) is 24.5 Å². The van der Waals surface area contributed by atoms with E-state index in [-0.39, 0.29) is 64.7 Å². The van der Waals surface area contributed by atoms with Gasteiger partial charge >= 0.3 is 12.3 Å². The molecule has 0 bridgehead atoms. The van der Waals surface area contributed by atoms with Gasteiger partial charge in [0.15, 0.2) is 17.3 Å². The normalized spacial score (nSPS) is 21.3. The maximum absolute atomic E-state index is 14.5. The lowest BCUT2D eigenvalue weighted by Crippen LogP contribution is -2.57. The van der Waals surface area contributed by atoms with Gasteiger partial charge in [0.25, 0.3) is 11.5 Å². The number of hydrazine groups is 1. The van der Waals surface area contributed by atoms with Crippen LogP contribution in [0, 0.1) is 11.8 Å². The van der Waals surface area contributed by atoms with Crippen molar-refractivity contribution in [2.45, 2.75) is 57.4 Å². The summed E-state index contributed by atoms with van der Waals surface area (Å²) in [5, 5.41) is 14.8. The van der Waals surface area contributed by atoms with Crippen LogP contribution in [-0.2, 0) is 10.9 Å². The molecular weight excluding hydrogens is 709 g/mol. The third kappa shape index (κ3) is 5.39. The number of fused-ring (bicyclic) bond motifs is 4. The first-order valence-corrected chi connectivity index (χ1v) is 16.9. The van der Waals surface area contributed by atoms with Gasteiger partial charge in [0.2, 0.25) is 5.78 Å². The zero-order valence-corrected chi connectivity index (χ0v) is 28.5. The Balaban J connectivity index is 1.20. The fourth-order valence-electron chi connectivity index (χ4n) is 7.26. The smallest absolute Gasteiger partial charge is 0.416 e. The zero-order valence-electron chi connectivity index (χ0n) is 27.8. The fraction of sp³-hybridized carbons (Fsp3) is 0.394. The number of aromatic nitrogens is 6. The Labute approximate surface area is 297 Å². The van der Waals surface area contributed by atoms with Crippen LogP contribution in [0.1, 0.15) is 71.5 Å². The van der Waals surface area contributed by atoms with Crippen LogP contribution in [0.2, 0.25) is 5.02 Å². The average molecular weight is 740 g/mol. The van der Waals surface area contributed by atoms with Crippen molar-refractivity contribution in [3.63, 3.8) is 0 Å². The Morgan fingerprint density at radius 3 is 2.69 bits per heavy atom. The molecule has 1 amide bonds. The number of piperazine rings is 1. The molecule has 8 rings (SSSR count). The highest BCUT2D eigenvalue weighted by Crippen LogP contribution is 2.45. The van der Waals surface area contributed by atoms with Gasteiger partial charge in [0.1, 0.15) is 22.6 Å². The minimum atomic E-state index is -4.62. The number of anilines is 2. The predicted octanol–water partition coefficient (Wildman–Crippen LogP) is 4.60. The van der Waals surface area contributed by atoms with Crippen LogP contribution in [0.5, 0.6) is 5.75 Å². The van der Waals surface area contributed by atoms with Crippen LogP contribution in [0.3, 0.4) is 0 Å². The van der Waals surface area contributed by atoms with Gasteiger partial charge in [-0.05, 0) is 43.5 Å². The molecule has 4 aromatic rings. The van der Waals surface area contributed by atoms with Crippen LogP contribution >= 0.6 is 11.6 Å². The van der Waals surface area contributed by atoms with Gasteiger partial charge in [-0.3, -0.25) is 9.59 Å². The summed E-state index contributed by atoms with van der Waals surface area (Å²) in [4.78, 5) is 58.8. The highest BCUT2D eigenvalue weighted by molar-refractivity contribution is 6.33. The number of alkyl halides is 3. The van der Waals surface area contributed by atoms with E-state index in [2.05, 4.69) is 20.5 Å². The van der Waals surface area contributed by atoms with E-state index in [0.717, 1.165) is 23.8 Å². The van der Waals surface area contributed by atoms with Gasteiger partial charge < -0.3 is 19.6 Å². The largest absolute Gasteiger partial charge is 0.504 e. The highest BCUT2D eigenvalue weighted by atomic mass is 35.5. The molecule has 2 N–H and O–H groups in total. The number of carbonyl (C=O) groups is 1. The summed E-state index contributed by atoms with van der Waals surface area (Å²) in [6.45, 7) is 4.63. The number of hydrogen-bond acceptors (Lipinski definition) is 10. The Morgan fingerprint density at radius 1 is 1.19 bits per heavy atom. The zero-order chi connectivity index (χ0) is 36.6. The molecule has 0 unspecified atom stereocenters. The topological polar surface area (TPSA) is 163 Å². The molecule has 6 heterocycles. The van der Waals surface area contributed by atoms with Crippen molar-refractivity contribution in [1.29, 1.82) is 0 Å². The monoisotopic (exact) mass is 739 g/mol. The lowest BCUT2D eigenvalue weighted by atomic mass is 9.91. The van der Waals surface area contributed by atoms with Crippen molar-refractivity contribution < 1.29 is 32.7 Å². The van der Waals surface area contributed by atoms with Crippen molar-refractivity contribution in [3.05, 3.63) is 91.1 Å². The first-order chi connectivity index (χ1) is 24.8. The maximum Gasteiger partial charge on any atom is 0.416 e. The van der Waals surface area contributed by atoms with Gasteiger partial charge in [0, 0.05) is 31.1 Å². The number of nitrogens with one attached hydrogen (secondary N) is 1. The number of hydrogen-bond donors (Lipinski definition) is 2. The summed E-state index contributed by atoms with van der Waals surface area (Å²) in [5.74, 6) is -0.718. The number of carbonyl (C=O) groups excluding carboxylic acids is 1. The van der Waals surface area contributed by atoms with E-state index in [1.807, 2.05) is 24.0 Å². The van der Waals surface area contributed by atoms with Gasteiger partial charge in [-0.1, -0.05) is 30.7 Å². The SMILES string of the molecule is Cc1ncnc(C(=O)N2CCN(c3c4n(c5nc(C6=CCOCC6)nn5c3=O)[C@@H]([N+](=O)Nc3ccc(C(F)(F)F)cc3Cl)C[C@H]4C)C3=CC[C@@H]32)c1O. The molecule has 0 radical (unpaired) electrons. The number of rotatable bonds is 6. The lowest BCUT2D eigenvalue weighted by Gasteiger charge is -2.48. The molecule has 1 aromatic carbocycles. The standard InChI is InChI=1S/C33H30ClF3N10O5/c1-16-13-24(47(51)41-21-4-3-19(14-20(21)34)33(35,36)37)45-26(16)27(31(50)46-32(45)40-29(42-46)18-7-11-52-12-8-18)43-9-10-44(23-6-5-22(23)43)30(49)25-28(48)17(2)38-15-39-25/h3-5,7,14-16,23-24H,6,8-13H2,1-2H3,(H-,41,48,49,51)/p+1/t16-,23+,24+/m1/s1. The van der Waals surface area contributed by atoms with E-state index in [9.17, 15) is 32.8 Å². The number of halogens is 4. The fourth-order valence-corrected chi connectivity index (χ4v) is 7.49. The number of ether oxygens (including phenoxy) is 1. The first-order valence-electron chi connectivity index (χ1n) is 16.5. The van der Waals surface area contributed by atoms with Crippen LogP contribution in [-0.4, -0.2) is 82.3 Å². The molecule has 1 fully saturated rings. The second kappa shape index (κ2) is 12.4. The van der Waals surface area contributed by atoms with Gasteiger partial charge in [-0.2, -0.15) is 22.7 Å². The highest BCUT2D eigenvalue weighted by Gasteiger charge is 2.48. The second-order valence-corrected chi connectivity index (χ2v) is 13.5. The third-order valence-electron chi connectivity index (χ3n) is 9.96. The molecule has 0 saturated carbocycles. The molecule has 15 nitrogen and oxygen atoms in total. The molecule has 19 heteroatoms. The Bertz CT molecular complexity index is 2300. The Hall–Kier alpha value is -5.36. The molecule has 52 heavy (non-hydrogen) atoms. The molecule has 0 spiro atoms. The number of aryl methyl sites for hydroxylation is 1. The lowest BCUT2D eigenvalue weighted by molar-refractivity contribution is -0.580. The van der Waals surface area contributed by atoms with E-state index in [4.69, 9.17) is 21.3 Å². The Kier molecular flexibility index (Phi) is 8.05. The third-order valence-corrected chi connectivity index (χ3v) is 10.3. The quantitative estimate of drug-likeness (QED) is 0.210. The van der Waals surface area contributed by atoms with Crippen molar-refractivity contribution in [2.24, 2.45) is 0 Å². The molecule has 3 aliphatic heterocycles. The van der Waals surface area contributed by atoms with E-state index in [1.165, 1.54) is 10.8 Å². The Morgan fingerprint density at radius 2 is 2.00 bits per heavy atom. The van der Waals surface area contributed by atoms with Gasteiger partial charge in [-0.15, -0.1) is 10.5 Å². The van der Waals surface area contributed by atoms with E-state index < -0.39 is 35.4 Å². The molecule has 3 aromatic heterocycles. The van der Waals surface area contributed by atoms with E-state index in [1.54, 1.807) is 16.4 Å². The summed E-state index contributed by atoms with van der Waals surface area (Å²) in [5.41, 5.74) is 3.55. The number of amides is 1. The van der Waals surface area contributed by atoms with Crippen LogP contribution in [0.25, 0.3) is 11.4 Å². The van der Waals surface area contributed by atoms with Crippen molar-refractivity contribution in [3.8, 4) is 5.75 Å². The molecule has 1 aliphatic carbocycles. The predicted molar refractivity (Wildman–Crippen MR) is 180 cm³/mol. The number of nitroso groups, excluding NO2 is 1. The summed E-state index contributed by atoms with van der Waals surface area (Å²) in [6.07, 6.45) is 0.537.